The van der Waals surface area contributed by atoms with E-state index < -0.39 is 28.3 Å². The van der Waals surface area contributed by atoms with Crippen molar-refractivity contribution in [2.75, 3.05) is 0 Å². The van der Waals surface area contributed by atoms with Crippen molar-refractivity contribution in [3.8, 4) is 11.1 Å². The van der Waals surface area contributed by atoms with E-state index in [1.54, 1.807) is 5.38 Å². The lowest BCUT2D eigenvalue weighted by Crippen LogP contribution is -2.21. The van der Waals surface area contributed by atoms with E-state index in [0.717, 1.165) is 28.0 Å². The van der Waals surface area contributed by atoms with Crippen LogP contribution in [-0.2, 0) is 17.5 Å². The third-order valence-electron chi connectivity index (χ3n) is 3.71. The number of halogens is 4. The van der Waals surface area contributed by atoms with E-state index >= 15 is 0 Å². The van der Waals surface area contributed by atoms with Crippen LogP contribution in [0.3, 0.4) is 0 Å². The molecule has 0 bridgehead atoms. The van der Waals surface area contributed by atoms with Crippen LogP contribution in [-0.4, -0.2) is 20.6 Å². The van der Waals surface area contributed by atoms with Gasteiger partial charge in [-0.15, -0.1) is 11.3 Å². The van der Waals surface area contributed by atoms with Gasteiger partial charge in [0.15, 0.2) is 0 Å². The summed E-state index contributed by atoms with van der Waals surface area (Å²) in [5.41, 5.74) is -1.01. The Labute approximate surface area is 153 Å². The maximum absolute atomic E-state index is 13.1. The van der Waals surface area contributed by atoms with Crippen LogP contribution in [0.4, 0.5) is 13.2 Å². The van der Waals surface area contributed by atoms with E-state index in [1.807, 2.05) is 0 Å². The zero-order valence-electron chi connectivity index (χ0n) is 12.9. The zero-order chi connectivity index (χ0) is 19.1. The second-order valence-electron chi connectivity index (χ2n) is 5.41. The average Bonchev–Trinajstić information content (AvgIpc) is 2.98. The largest absolute Gasteiger partial charge is 0.481 e. The lowest BCUT2D eigenvalue weighted by Gasteiger charge is -2.11. The van der Waals surface area contributed by atoms with Gasteiger partial charge in [0.05, 0.1) is 28.7 Å². The zero-order valence-corrected chi connectivity index (χ0v) is 14.5. The molecule has 5 nitrogen and oxygen atoms in total. The summed E-state index contributed by atoms with van der Waals surface area (Å²) >= 11 is 6.76. The number of alkyl halides is 3. The molecule has 3 aromatic rings. The van der Waals surface area contributed by atoms with E-state index in [9.17, 15) is 22.8 Å². The van der Waals surface area contributed by atoms with Crippen molar-refractivity contribution < 1.29 is 23.1 Å². The number of aliphatic carboxylic acids is 1. The molecule has 0 spiro atoms. The minimum atomic E-state index is -4.63. The first-order valence-electron chi connectivity index (χ1n) is 7.24. The molecule has 1 aromatic carbocycles. The molecule has 0 fully saturated rings. The summed E-state index contributed by atoms with van der Waals surface area (Å²) in [4.78, 5) is 27.8. The van der Waals surface area contributed by atoms with Gasteiger partial charge in [-0.3, -0.25) is 14.2 Å². The minimum absolute atomic E-state index is 0.0825. The predicted octanol–water partition coefficient (Wildman–Crippen LogP) is 4.27. The van der Waals surface area contributed by atoms with Crippen molar-refractivity contribution in [2.45, 2.75) is 19.1 Å². The number of aryl methyl sites for hydroxylation is 1. The Hall–Kier alpha value is -2.39. The average molecular weight is 403 g/mol. The fraction of sp³-hybridized carbons (Fsp3) is 0.188. The number of hydrogen-bond donors (Lipinski definition) is 1. The second kappa shape index (κ2) is 6.73. The Morgan fingerprint density at radius 3 is 2.73 bits per heavy atom. The molecule has 136 valence electrons. The van der Waals surface area contributed by atoms with Crippen LogP contribution in [0.25, 0.3) is 21.3 Å². The van der Waals surface area contributed by atoms with Crippen LogP contribution < -0.4 is 5.56 Å². The van der Waals surface area contributed by atoms with Crippen LogP contribution in [0, 0.1) is 0 Å². The molecule has 10 heteroatoms. The lowest BCUT2D eigenvalue weighted by atomic mass is 10.0. The van der Waals surface area contributed by atoms with Crippen LogP contribution >= 0.6 is 22.9 Å². The molecule has 0 saturated heterocycles. The molecular formula is C16H10ClF3N2O3S. The number of thiophene rings is 1. The summed E-state index contributed by atoms with van der Waals surface area (Å²) in [7, 11) is 0. The second-order valence-corrected chi connectivity index (χ2v) is 6.67. The molecule has 26 heavy (non-hydrogen) atoms. The molecule has 0 radical (unpaired) electrons. The van der Waals surface area contributed by atoms with Gasteiger partial charge in [0.2, 0.25) is 0 Å². The van der Waals surface area contributed by atoms with Crippen molar-refractivity contribution >= 4 is 39.1 Å². The SMILES string of the molecule is O=C(O)CCn1cnc2scc(-c3ccc(Cl)c(C(F)(F)F)c3)c2c1=O. The topological polar surface area (TPSA) is 72.2 Å². The van der Waals surface area contributed by atoms with Crippen LogP contribution in [0.2, 0.25) is 5.02 Å². The molecule has 0 aliphatic rings. The van der Waals surface area contributed by atoms with Crippen molar-refractivity contribution in [1.82, 2.24) is 9.55 Å². The highest BCUT2D eigenvalue weighted by atomic mass is 35.5. The smallest absolute Gasteiger partial charge is 0.417 e. The predicted molar refractivity (Wildman–Crippen MR) is 91.6 cm³/mol. The summed E-state index contributed by atoms with van der Waals surface area (Å²) in [6, 6.07) is 3.41. The monoisotopic (exact) mass is 402 g/mol. The number of nitrogens with zero attached hydrogens (tertiary/aromatic N) is 2. The number of carboxylic acid groups (broad SMARTS) is 1. The van der Waals surface area contributed by atoms with Crippen molar-refractivity contribution in [2.24, 2.45) is 0 Å². The van der Waals surface area contributed by atoms with E-state index in [0.29, 0.717) is 10.4 Å². The first-order valence-corrected chi connectivity index (χ1v) is 8.50. The first kappa shape index (κ1) is 18.4. The summed E-state index contributed by atoms with van der Waals surface area (Å²) < 4.78 is 40.4. The Kier molecular flexibility index (Phi) is 4.76. The van der Waals surface area contributed by atoms with Gasteiger partial charge in [-0.25, -0.2) is 4.98 Å². The molecular weight excluding hydrogens is 393 g/mol. The molecule has 0 aliphatic carbocycles. The van der Waals surface area contributed by atoms with Gasteiger partial charge in [0, 0.05) is 17.5 Å². The summed E-state index contributed by atoms with van der Waals surface area (Å²) in [5.74, 6) is -1.07. The Morgan fingerprint density at radius 2 is 2.08 bits per heavy atom. The van der Waals surface area contributed by atoms with Gasteiger partial charge in [-0.05, 0) is 17.7 Å². The molecule has 0 atom stereocenters. The Morgan fingerprint density at radius 1 is 1.35 bits per heavy atom. The Balaban J connectivity index is 2.16. The van der Waals surface area contributed by atoms with Crippen molar-refractivity contribution in [3.63, 3.8) is 0 Å². The standard InChI is InChI=1S/C16H10ClF3N2O3S/c17-11-2-1-8(5-10(11)16(18,19)20)9-6-26-14-13(9)15(25)22(7-21-14)4-3-12(23)24/h1-2,5-7H,3-4H2,(H,23,24). The summed E-state index contributed by atoms with van der Waals surface area (Å²) in [6.07, 6.45) is -3.67. The molecule has 0 unspecified atom stereocenters. The minimum Gasteiger partial charge on any atom is -0.481 e. The van der Waals surface area contributed by atoms with E-state index in [4.69, 9.17) is 16.7 Å². The number of benzene rings is 1. The fourth-order valence-electron chi connectivity index (χ4n) is 2.47. The molecule has 0 amide bonds. The normalized spacial score (nSPS) is 11.8. The number of carboxylic acids is 1. The quantitative estimate of drug-likeness (QED) is 0.707. The lowest BCUT2D eigenvalue weighted by molar-refractivity contribution is -0.138. The van der Waals surface area contributed by atoms with Gasteiger partial charge in [0.25, 0.3) is 5.56 Å². The third-order valence-corrected chi connectivity index (χ3v) is 4.93. The van der Waals surface area contributed by atoms with Crippen molar-refractivity contribution in [1.29, 1.82) is 0 Å². The highest BCUT2D eigenvalue weighted by Crippen LogP contribution is 2.39. The van der Waals surface area contributed by atoms with Gasteiger partial charge in [0.1, 0.15) is 4.83 Å². The number of fused-ring (bicyclic) bond motifs is 1. The number of aromatic nitrogens is 2. The van der Waals surface area contributed by atoms with Gasteiger partial charge >= 0.3 is 12.1 Å². The number of carbonyl (C=O) groups is 1. The van der Waals surface area contributed by atoms with Crippen LogP contribution in [0.1, 0.15) is 12.0 Å². The maximum Gasteiger partial charge on any atom is 0.417 e. The highest BCUT2D eigenvalue weighted by Gasteiger charge is 2.33. The van der Waals surface area contributed by atoms with Gasteiger partial charge in [-0.1, -0.05) is 17.7 Å². The summed E-state index contributed by atoms with van der Waals surface area (Å²) in [6.45, 7) is -0.0825. The van der Waals surface area contributed by atoms with E-state index in [2.05, 4.69) is 4.98 Å². The van der Waals surface area contributed by atoms with Gasteiger partial charge < -0.3 is 5.11 Å². The highest BCUT2D eigenvalue weighted by molar-refractivity contribution is 7.17. The maximum atomic E-state index is 13.1. The Bertz CT molecular complexity index is 1060. The molecule has 3 rings (SSSR count). The third kappa shape index (κ3) is 3.45. The first-order chi connectivity index (χ1) is 12.2. The molecule has 0 aliphatic heterocycles. The molecule has 1 N–H and O–H groups in total. The molecule has 2 aromatic heterocycles. The fourth-order valence-corrected chi connectivity index (χ4v) is 3.60. The number of hydrogen-bond acceptors (Lipinski definition) is 4. The molecule has 0 saturated carbocycles. The molecule has 2 heterocycles. The van der Waals surface area contributed by atoms with E-state index in [1.165, 1.54) is 12.4 Å². The van der Waals surface area contributed by atoms with Crippen LogP contribution in [0.5, 0.6) is 0 Å². The van der Waals surface area contributed by atoms with Crippen LogP contribution in [0.15, 0.2) is 34.7 Å². The van der Waals surface area contributed by atoms with Crippen molar-refractivity contribution in [3.05, 3.63) is 50.8 Å². The number of rotatable bonds is 4. The van der Waals surface area contributed by atoms with Gasteiger partial charge in [-0.2, -0.15) is 13.2 Å². The van der Waals surface area contributed by atoms with E-state index in [-0.39, 0.29) is 23.9 Å². The summed E-state index contributed by atoms with van der Waals surface area (Å²) in [5, 5.41) is 10.0.